The molecule has 0 aliphatic carbocycles. The molecule has 2 N–H and O–H groups in total. The van der Waals surface area contributed by atoms with Gasteiger partial charge in [0.1, 0.15) is 17.4 Å². The Hall–Kier alpha value is -3.06. The zero-order chi connectivity index (χ0) is 23.8. The number of nitriles is 1. The minimum atomic E-state index is -0.502. The molecule has 0 aliphatic rings. The SMILES string of the molecule is N#C/C(=C/c1ccc(OCC(=O)Nc2ccc(Cl)c(Cl)c2)cc1)C(=O)Nc1ccc(I)cc1. The van der Waals surface area contributed by atoms with Crippen LogP contribution in [0.15, 0.2) is 72.3 Å². The van der Waals surface area contributed by atoms with Crippen LogP contribution < -0.4 is 15.4 Å². The van der Waals surface area contributed by atoms with E-state index in [0.29, 0.717) is 32.7 Å². The van der Waals surface area contributed by atoms with Gasteiger partial charge in [-0.1, -0.05) is 35.3 Å². The van der Waals surface area contributed by atoms with Gasteiger partial charge in [-0.2, -0.15) is 5.26 Å². The zero-order valence-corrected chi connectivity index (χ0v) is 20.6. The highest BCUT2D eigenvalue weighted by Gasteiger charge is 2.10. The Kier molecular flexibility index (Phi) is 8.72. The van der Waals surface area contributed by atoms with Crippen LogP contribution in [0.25, 0.3) is 6.08 Å². The molecule has 0 spiro atoms. The summed E-state index contributed by atoms with van der Waals surface area (Å²) in [6.07, 6.45) is 1.47. The summed E-state index contributed by atoms with van der Waals surface area (Å²) in [5.74, 6) is -0.410. The number of carbonyl (C=O) groups is 2. The van der Waals surface area contributed by atoms with Crippen LogP contribution in [0.3, 0.4) is 0 Å². The van der Waals surface area contributed by atoms with Crippen molar-refractivity contribution in [1.29, 1.82) is 5.26 Å². The molecule has 0 fully saturated rings. The van der Waals surface area contributed by atoms with Crippen molar-refractivity contribution >= 4 is 75.1 Å². The molecule has 9 heteroatoms. The molecular weight excluding hydrogens is 576 g/mol. The number of nitrogens with zero attached hydrogens (tertiary/aromatic N) is 1. The van der Waals surface area contributed by atoms with Gasteiger partial charge in [-0.15, -0.1) is 0 Å². The van der Waals surface area contributed by atoms with Gasteiger partial charge in [0.2, 0.25) is 0 Å². The fraction of sp³-hybridized carbons (Fsp3) is 0.0417. The largest absolute Gasteiger partial charge is 0.484 e. The number of carbonyl (C=O) groups excluding carboxylic acids is 2. The Balaban J connectivity index is 1.56. The van der Waals surface area contributed by atoms with Gasteiger partial charge in [-0.3, -0.25) is 9.59 Å². The minimum Gasteiger partial charge on any atom is -0.484 e. The first kappa shape index (κ1) is 24.6. The molecule has 33 heavy (non-hydrogen) atoms. The fourth-order valence-corrected chi connectivity index (χ4v) is 3.28. The predicted molar refractivity (Wildman–Crippen MR) is 138 cm³/mol. The van der Waals surface area contributed by atoms with E-state index < -0.39 is 5.91 Å². The van der Waals surface area contributed by atoms with Gasteiger partial charge in [0.05, 0.1) is 10.0 Å². The van der Waals surface area contributed by atoms with Crippen molar-refractivity contribution in [1.82, 2.24) is 0 Å². The van der Waals surface area contributed by atoms with Crippen molar-refractivity contribution in [3.63, 3.8) is 0 Å². The second-order valence-corrected chi connectivity index (χ2v) is 8.73. The lowest BCUT2D eigenvalue weighted by molar-refractivity contribution is -0.118. The first-order valence-electron chi connectivity index (χ1n) is 9.50. The number of amides is 2. The molecule has 2 amide bonds. The standard InChI is InChI=1S/C24H16Cl2IN3O3/c25-21-10-7-19(12-22(21)26)29-23(31)14-33-20-8-1-15(2-9-20)11-16(13-28)24(32)30-18-5-3-17(27)4-6-18/h1-12H,14H2,(H,29,31)(H,30,32)/b16-11-. The highest BCUT2D eigenvalue weighted by atomic mass is 127. The van der Waals surface area contributed by atoms with Crippen molar-refractivity contribution in [2.45, 2.75) is 0 Å². The minimum absolute atomic E-state index is 0.0387. The third-order valence-corrected chi connectivity index (χ3v) is 5.69. The molecule has 3 rings (SSSR count). The van der Waals surface area contributed by atoms with Crippen molar-refractivity contribution in [3.8, 4) is 11.8 Å². The molecular formula is C24H16Cl2IN3O3. The van der Waals surface area contributed by atoms with E-state index in [2.05, 4.69) is 33.2 Å². The van der Waals surface area contributed by atoms with E-state index in [1.54, 1.807) is 54.6 Å². The molecule has 0 aliphatic heterocycles. The van der Waals surface area contributed by atoms with Crippen LogP contribution in [-0.2, 0) is 9.59 Å². The Bertz CT molecular complexity index is 1240. The van der Waals surface area contributed by atoms with Crippen molar-refractivity contribution < 1.29 is 14.3 Å². The Labute approximate surface area is 214 Å². The quantitative estimate of drug-likeness (QED) is 0.195. The van der Waals surface area contributed by atoms with Gasteiger partial charge in [0, 0.05) is 14.9 Å². The van der Waals surface area contributed by atoms with Crippen LogP contribution in [0.5, 0.6) is 5.75 Å². The maximum Gasteiger partial charge on any atom is 0.266 e. The molecule has 166 valence electrons. The number of nitrogens with one attached hydrogen (secondary N) is 2. The average molecular weight is 592 g/mol. The molecule has 0 radical (unpaired) electrons. The molecule has 0 bridgehead atoms. The summed E-state index contributed by atoms with van der Waals surface area (Å²) in [5, 5.41) is 15.5. The van der Waals surface area contributed by atoms with E-state index >= 15 is 0 Å². The normalized spacial score (nSPS) is 10.8. The average Bonchev–Trinajstić information content (AvgIpc) is 2.80. The maximum atomic E-state index is 12.4. The van der Waals surface area contributed by atoms with E-state index in [9.17, 15) is 14.9 Å². The lowest BCUT2D eigenvalue weighted by Crippen LogP contribution is -2.20. The van der Waals surface area contributed by atoms with Gasteiger partial charge < -0.3 is 15.4 Å². The molecule has 0 aromatic heterocycles. The number of hydrogen-bond donors (Lipinski definition) is 2. The first-order chi connectivity index (χ1) is 15.8. The van der Waals surface area contributed by atoms with E-state index in [4.69, 9.17) is 27.9 Å². The number of ether oxygens (including phenoxy) is 1. The number of anilines is 2. The van der Waals surface area contributed by atoms with Gasteiger partial charge in [-0.25, -0.2) is 0 Å². The van der Waals surface area contributed by atoms with Crippen LogP contribution in [-0.4, -0.2) is 18.4 Å². The third-order valence-electron chi connectivity index (χ3n) is 4.23. The summed E-state index contributed by atoms with van der Waals surface area (Å²) < 4.78 is 6.52. The fourth-order valence-electron chi connectivity index (χ4n) is 2.63. The topological polar surface area (TPSA) is 91.2 Å². The molecule has 3 aromatic rings. The molecule has 0 heterocycles. The molecule has 6 nitrogen and oxygen atoms in total. The molecule has 3 aromatic carbocycles. The van der Waals surface area contributed by atoms with Crippen LogP contribution in [0, 0.1) is 14.9 Å². The first-order valence-corrected chi connectivity index (χ1v) is 11.3. The zero-order valence-electron chi connectivity index (χ0n) is 16.9. The molecule has 0 saturated heterocycles. The molecule has 0 atom stereocenters. The summed E-state index contributed by atoms with van der Waals surface area (Å²) >= 11 is 14.0. The van der Waals surface area contributed by atoms with Crippen LogP contribution in [0.4, 0.5) is 11.4 Å². The number of hydrogen-bond acceptors (Lipinski definition) is 4. The molecule has 0 saturated carbocycles. The summed E-state index contributed by atoms with van der Waals surface area (Å²) in [6, 6.07) is 20.6. The second kappa shape index (κ2) is 11.7. The summed E-state index contributed by atoms with van der Waals surface area (Å²) in [6.45, 7) is -0.211. The Morgan fingerprint density at radius 2 is 1.61 bits per heavy atom. The smallest absolute Gasteiger partial charge is 0.266 e. The van der Waals surface area contributed by atoms with Gasteiger partial charge in [-0.05, 0) is 88.8 Å². The highest BCUT2D eigenvalue weighted by molar-refractivity contribution is 14.1. The Morgan fingerprint density at radius 1 is 0.939 bits per heavy atom. The van der Waals surface area contributed by atoms with Crippen molar-refractivity contribution in [2.24, 2.45) is 0 Å². The lowest BCUT2D eigenvalue weighted by Gasteiger charge is -2.08. The number of benzene rings is 3. The summed E-state index contributed by atoms with van der Waals surface area (Å²) in [4.78, 5) is 24.5. The predicted octanol–water partition coefficient (Wildman–Crippen LogP) is 6.16. The van der Waals surface area contributed by atoms with Crippen LogP contribution in [0.1, 0.15) is 5.56 Å². The number of rotatable bonds is 7. The third kappa shape index (κ3) is 7.49. The maximum absolute atomic E-state index is 12.4. The van der Waals surface area contributed by atoms with E-state index in [1.807, 2.05) is 18.2 Å². The van der Waals surface area contributed by atoms with Gasteiger partial charge in [0.25, 0.3) is 11.8 Å². The summed E-state index contributed by atoms with van der Waals surface area (Å²) in [7, 11) is 0. The van der Waals surface area contributed by atoms with E-state index in [-0.39, 0.29) is 18.1 Å². The van der Waals surface area contributed by atoms with Crippen molar-refractivity contribution in [2.75, 3.05) is 17.2 Å². The summed E-state index contributed by atoms with van der Waals surface area (Å²) in [5.41, 5.74) is 1.70. The lowest BCUT2D eigenvalue weighted by atomic mass is 10.1. The monoisotopic (exact) mass is 591 g/mol. The van der Waals surface area contributed by atoms with Crippen molar-refractivity contribution in [3.05, 3.63) is 91.5 Å². The van der Waals surface area contributed by atoms with Crippen LogP contribution in [0.2, 0.25) is 10.0 Å². The second-order valence-electron chi connectivity index (χ2n) is 6.67. The van der Waals surface area contributed by atoms with E-state index in [1.165, 1.54) is 6.08 Å². The van der Waals surface area contributed by atoms with Gasteiger partial charge in [0.15, 0.2) is 6.61 Å². The highest BCUT2D eigenvalue weighted by Crippen LogP contribution is 2.25. The number of halogens is 3. The molecule has 0 unspecified atom stereocenters. The van der Waals surface area contributed by atoms with E-state index in [0.717, 1.165) is 3.57 Å². The Morgan fingerprint density at radius 3 is 2.24 bits per heavy atom. The van der Waals surface area contributed by atoms with Gasteiger partial charge >= 0.3 is 0 Å². The van der Waals surface area contributed by atoms with Crippen LogP contribution >= 0.6 is 45.8 Å².